The molecular formula is C24H18F5N3O4. The molecule has 0 aliphatic carbocycles. The number of nitrogens with two attached hydrogens (primary N) is 1. The number of halogens is 5. The van der Waals surface area contributed by atoms with Crippen molar-refractivity contribution in [1.29, 1.82) is 5.26 Å². The lowest BCUT2D eigenvalue weighted by Gasteiger charge is -2.36. The lowest BCUT2D eigenvalue weighted by molar-refractivity contribution is -0.289. The van der Waals surface area contributed by atoms with Crippen LogP contribution in [-0.4, -0.2) is 32.3 Å². The summed E-state index contributed by atoms with van der Waals surface area (Å²) in [5, 5.41) is 9.93. The minimum absolute atomic E-state index is 0.276. The molecule has 188 valence electrons. The predicted molar refractivity (Wildman–Crippen MR) is 116 cm³/mol. The van der Waals surface area contributed by atoms with Gasteiger partial charge in [-0.25, -0.2) is 9.59 Å². The van der Waals surface area contributed by atoms with Gasteiger partial charge in [-0.2, -0.15) is 27.2 Å². The molecule has 1 atom stereocenters. The Balaban J connectivity index is 2.39. The fraction of sp³-hybridized carbons (Fsp3) is 0.208. The Morgan fingerprint density at radius 1 is 0.972 bits per heavy atom. The fourth-order valence-electron chi connectivity index (χ4n) is 3.79. The molecule has 0 amide bonds. The lowest BCUT2D eigenvalue weighted by Crippen LogP contribution is -2.41. The number of esters is 2. The van der Waals surface area contributed by atoms with E-state index in [0.29, 0.717) is 17.7 Å². The molecule has 36 heavy (non-hydrogen) atoms. The summed E-state index contributed by atoms with van der Waals surface area (Å²) in [7, 11) is 1.97. The normalized spacial score (nSPS) is 16.5. The van der Waals surface area contributed by atoms with Crippen molar-refractivity contribution in [2.45, 2.75) is 18.0 Å². The van der Waals surface area contributed by atoms with E-state index >= 15 is 0 Å². The average molecular weight is 507 g/mol. The highest BCUT2D eigenvalue weighted by Gasteiger charge is 2.58. The van der Waals surface area contributed by atoms with Crippen LogP contribution in [0.4, 0.5) is 27.6 Å². The van der Waals surface area contributed by atoms with Gasteiger partial charge < -0.3 is 15.2 Å². The Hall–Kier alpha value is -4.40. The van der Waals surface area contributed by atoms with Crippen molar-refractivity contribution < 1.29 is 41.0 Å². The van der Waals surface area contributed by atoms with Gasteiger partial charge in [-0.15, -0.1) is 0 Å². The van der Waals surface area contributed by atoms with Crippen molar-refractivity contribution in [3.05, 3.63) is 88.4 Å². The molecule has 0 radical (unpaired) electrons. The molecule has 2 aromatic carbocycles. The van der Waals surface area contributed by atoms with Gasteiger partial charge in [0.1, 0.15) is 11.5 Å². The molecule has 0 aromatic heterocycles. The number of ether oxygens (including phenoxy) is 2. The van der Waals surface area contributed by atoms with E-state index in [0.717, 1.165) is 31.3 Å². The van der Waals surface area contributed by atoms with Gasteiger partial charge in [0.2, 0.25) is 0 Å². The molecule has 2 aromatic rings. The van der Waals surface area contributed by atoms with Gasteiger partial charge in [-0.1, -0.05) is 42.5 Å². The fourth-order valence-corrected chi connectivity index (χ4v) is 3.79. The van der Waals surface area contributed by atoms with E-state index in [1.54, 1.807) is 30.3 Å². The molecule has 0 saturated heterocycles. The van der Waals surface area contributed by atoms with Crippen molar-refractivity contribution in [2.75, 3.05) is 19.1 Å². The number of nitrogens with zero attached hydrogens (tertiary/aromatic N) is 2. The number of allylic oxidation sites excluding steroid dienone is 1. The van der Waals surface area contributed by atoms with Crippen LogP contribution >= 0.6 is 0 Å². The number of benzene rings is 2. The largest absolute Gasteiger partial charge is 0.466 e. The monoisotopic (exact) mass is 507 g/mol. The smallest absolute Gasteiger partial charge is 0.458 e. The van der Waals surface area contributed by atoms with Gasteiger partial charge in [-0.3, -0.25) is 4.90 Å². The summed E-state index contributed by atoms with van der Waals surface area (Å²) >= 11 is 0. The first kappa shape index (κ1) is 26.2. The average Bonchev–Trinajstić information content (AvgIpc) is 2.86. The number of carbonyl (C=O) groups is 2. The molecular weight excluding hydrogens is 489 g/mol. The van der Waals surface area contributed by atoms with E-state index in [-0.39, 0.29) is 5.57 Å². The van der Waals surface area contributed by atoms with Crippen molar-refractivity contribution >= 4 is 17.6 Å². The van der Waals surface area contributed by atoms with E-state index in [9.17, 15) is 36.8 Å². The van der Waals surface area contributed by atoms with Gasteiger partial charge in [0.15, 0.2) is 0 Å². The highest BCUT2D eigenvalue weighted by Crippen LogP contribution is 2.47. The lowest BCUT2D eigenvalue weighted by atomic mass is 9.81. The number of methoxy groups -OCH3 is 2. The third-order valence-electron chi connectivity index (χ3n) is 5.43. The molecule has 12 heteroatoms. The summed E-state index contributed by atoms with van der Waals surface area (Å²) in [6, 6.07) is 12.8. The molecule has 0 saturated carbocycles. The predicted octanol–water partition coefficient (Wildman–Crippen LogP) is 4.24. The minimum Gasteiger partial charge on any atom is -0.466 e. The highest BCUT2D eigenvalue weighted by atomic mass is 19.4. The number of hydrogen-bond donors (Lipinski definition) is 1. The molecule has 0 bridgehead atoms. The van der Waals surface area contributed by atoms with Crippen molar-refractivity contribution in [2.24, 2.45) is 5.73 Å². The zero-order valence-corrected chi connectivity index (χ0v) is 18.8. The van der Waals surface area contributed by atoms with E-state index in [1.165, 1.54) is 0 Å². The van der Waals surface area contributed by atoms with Crippen LogP contribution < -0.4 is 10.6 Å². The number of anilines is 1. The third-order valence-corrected chi connectivity index (χ3v) is 5.43. The summed E-state index contributed by atoms with van der Waals surface area (Å²) in [5.74, 6) is -9.21. The molecule has 1 aliphatic heterocycles. The van der Waals surface area contributed by atoms with E-state index in [4.69, 9.17) is 15.2 Å². The molecule has 2 N–H and O–H groups in total. The molecule has 1 aliphatic rings. The Morgan fingerprint density at radius 2 is 1.58 bits per heavy atom. The Morgan fingerprint density at radius 3 is 2.11 bits per heavy atom. The van der Waals surface area contributed by atoms with Crippen LogP contribution in [0.5, 0.6) is 0 Å². The summed E-state index contributed by atoms with van der Waals surface area (Å²) in [6.45, 7) is 0. The van der Waals surface area contributed by atoms with Crippen LogP contribution in [-0.2, 0) is 25.0 Å². The Kier molecular flexibility index (Phi) is 7.05. The SMILES string of the molecule is COC(=O)C1=C(C(=O)OC)N(c2cccc(C(F)(F)C(F)(F)F)c2)C(N)=C(C#N)C1c1ccccc1. The quantitative estimate of drug-likeness (QED) is 0.477. The Bertz CT molecular complexity index is 1300. The second-order valence-corrected chi connectivity index (χ2v) is 7.46. The van der Waals surface area contributed by atoms with Crippen LogP contribution in [0.25, 0.3) is 0 Å². The van der Waals surface area contributed by atoms with Crippen molar-refractivity contribution in [3.63, 3.8) is 0 Å². The number of hydrogen-bond acceptors (Lipinski definition) is 7. The molecule has 0 spiro atoms. The first-order chi connectivity index (χ1) is 16.9. The summed E-state index contributed by atoms with van der Waals surface area (Å²) < 4.78 is 76.8. The second kappa shape index (κ2) is 9.69. The Labute approximate surface area is 201 Å². The van der Waals surface area contributed by atoms with Gasteiger partial charge in [0.05, 0.1) is 37.4 Å². The molecule has 3 rings (SSSR count). The van der Waals surface area contributed by atoms with Gasteiger partial charge >= 0.3 is 24.0 Å². The van der Waals surface area contributed by atoms with Gasteiger partial charge in [0.25, 0.3) is 0 Å². The highest BCUT2D eigenvalue weighted by molar-refractivity contribution is 6.06. The minimum atomic E-state index is -5.91. The zero-order chi connectivity index (χ0) is 26.8. The number of rotatable bonds is 5. The molecule has 1 unspecified atom stereocenters. The first-order valence-electron chi connectivity index (χ1n) is 10.1. The topological polar surface area (TPSA) is 106 Å². The zero-order valence-electron chi connectivity index (χ0n) is 18.8. The van der Waals surface area contributed by atoms with Crippen LogP contribution in [0.15, 0.2) is 77.3 Å². The maximum atomic E-state index is 14.1. The molecule has 7 nitrogen and oxygen atoms in total. The molecule has 1 heterocycles. The third kappa shape index (κ3) is 4.35. The number of alkyl halides is 5. The maximum absolute atomic E-state index is 14.1. The second-order valence-electron chi connectivity index (χ2n) is 7.46. The van der Waals surface area contributed by atoms with Crippen molar-refractivity contribution in [3.8, 4) is 6.07 Å². The number of carbonyl (C=O) groups excluding carboxylic acids is 2. The number of nitriles is 1. The summed E-state index contributed by atoms with van der Waals surface area (Å²) in [5.41, 5.74) is 3.35. The van der Waals surface area contributed by atoms with Gasteiger partial charge in [-0.05, 0) is 17.7 Å². The summed E-state index contributed by atoms with van der Waals surface area (Å²) in [6.07, 6.45) is -5.91. The maximum Gasteiger partial charge on any atom is 0.458 e. The van der Waals surface area contributed by atoms with Crippen LogP contribution in [0.3, 0.4) is 0 Å². The van der Waals surface area contributed by atoms with E-state index in [1.807, 2.05) is 6.07 Å². The van der Waals surface area contributed by atoms with Crippen LogP contribution in [0.1, 0.15) is 17.0 Å². The van der Waals surface area contributed by atoms with Crippen LogP contribution in [0.2, 0.25) is 0 Å². The summed E-state index contributed by atoms with van der Waals surface area (Å²) in [4.78, 5) is 26.6. The van der Waals surface area contributed by atoms with Crippen molar-refractivity contribution in [1.82, 2.24) is 0 Å². The standard InChI is InChI=1S/C24H18F5N3O4/c1-35-21(33)18-17(13-7-4-3-5-8-13)16(12-30)20(31)32(19(18)22(34)36-2)15-10-6-9-14(11-15)23(25,26)24(27,28)29/h3-11,17H,31H2,1-2H3. The first-order valence-corrected chi connectivity index (χ1v) is 10.1. The van der Waals surface area contributed by atoms with E-state index in [2.05, 4.69) is 0 Å². The van der Waals surface area contributed by atoms with E-state index < -0.39 is 58.3 Å². The van der Waals surface area contributed by atoms with Crippen LogP contribution in [0, 0.1) is 11.3 Å². The van der Waals surface area contributed by atoms with Gasteiger partial charge in [0, 0.05) is 11.3 Å². The molecule has 0 fully saturated rings.